The zero-order chi connectivity index (χ0) is 15.7. The molecule has 4 nitrogen and oxygen atoms in total. The van der Waals surface area contributed by atoms with Crippen LogP contribution in [0.25, 0.3) is 0 Å². The molecule has 1 N–H and O–H groups in total. The molecular weight excluding hydrogens is 260 g/mol. The summed E-state index contributed by atoms with van der Waals surface area (Å²) >= 11 is 0. The van der Waals surface area contributed by atoms with Crippen LogP contribution in [0.1, 0.15) is 46.0 Å². The lowest BCUT2D eigenvalue weighted by Crippen LogP contribution is -2.44. The van der Waals surface area contributed by atoms with Crippen LogP contribution in [0.15, 0.2) is 0 Å². The van der Waals surface area contributed by atoms with Crippen molar-refractivity contribution in [3.8, 4) is 6.07 Å². The maximum absolute atomic E-state index is 9.43. The lowest BCUT2D eigenvalue weighted by molar-refractivity contribution is 0.157. The van der Waals surface area contributed by atoms with E-state index in [1.165, 1.54) is 32.5 Å². The van der Waals surface area contributed by atoms with Crippen LogP contribution in [0.5, 0.6) is 0 Å². The molecule has 1 heterocycles. The molecule has 4 heteroatoms. The van der Waals surface area contributed by atoms with Crippen molar-refractivity contribution in [2.24, 2.45) is 5.92 Å². The quantitative estimate of drug-likeness (QED) is 0.709. The predicted molar refractivity (Wildman–Crippen MR) is 89.3 cm³/mol. The Morgan fingerprint density at radius 3 is 2.43 bits per heavy atom. The maximum atomic E-state index is 9.43. The van der Waals surface area contributed by atoms with Gasteiger partial charge >= 0.3 is 0 Å². The summed E-state index contributed by atoms with van der Waals surface area (Å²) < 4.78 is 0. The van der Waals surface area contributed by atoms with Gasteiger partial charge in [0.1, 0.15) is 5.54 Å². The smallest absolute Gasteiger partial charge is 0.106 e. The fourth-order valence-electron chi connectivity index (χ4n) is 3.42. The average molecular weight is 294 g/mol. The second-order valence-corrected chi connectivity index (χ2v) is 6.73. The van der Waals surface area contributed by atoms with Gasteiger partial charge in [-0.25, -0.2) is 0 Å². The molecule has 1 atom stereocenters. The molecule has 122 valence electrons. The van der Waals surface area contributed by atoms with Gasteiger partial charge in [-0.1, -0.05) is 13.8 Å². The van der Waals surface area contributed by atoms with E-state index in [2.05, 4.69) is 49.1 Å². The standard InChI is InChI=1S/C17H34N4/c1-5-17(15-18,19-6-2)10-7-11-21-12-8-16(9-13-21)14-20(3)4/h16,19H,5-14H2,1-4H3. The van der Waals surface area contributed by atoms with Crippen molar-refractivity contribution >= 4 is 0 Å². The zero-order valence-corrected chi connectivity index (χ0v) is 14.5. The van der Waals surface area contributed by atoms with Crippen molar-refractivity contribution in [3.05, 3.63) is 0 Å². The summed E-state index contributed by atoms with van der Waals surface area (Å²) in [6.07, 6.45) is 5.62. The Labute approximate surface area is 131 Å². The summed E-state index contributed by atoms with van der Waals surface area (Å²) in [6, 6.07) is 2.50. The Balaban J connectivity index is 2.26. The van der Waals surface area contributed by atoms with Gasteiger partial charge in [-0.2, -0.15) is 5.26 Å². The van der Waals surface area contributed by atoms with Crippen LogP contribution < -0.4 is 5.32 Å². The third kappa shape index (κ3) is 6.34. The maximum Gasteiger partial charge on any atom is 0.106 e. The van der Waals surface area contributed by atoms with Gasteiger partial charge in [-0.3, -0.25) is 5.32 Å². The van der Waals surface area contributed by atoms with E-state index in [0.717, 1.165) is 38.3 Å². The topological polar surface area (TPSA) is 42.3 Å². The van der Waals surface area contributed by atoms with Crippen LogP contribution >= 0.6 is 0 Å². The Kier molecular flexibility index (Phi) is 8.24. The number of rotatable bonds is 9. The largest absolute Gasteiger partial charge is 0.309 e. The molecule has 1 aliphatic rings. The van der Waals surface area contributed by atoms with Gasteiger partial charge in [0, 0.05) is 6.54 Å². The highest BCUT2D eigenvalue weighted by molar-refractivity contribution is 5.06. The third-order valence-electron chi connectivity index (χ3n) is 4.74. The van der Waals surface area contributed by atoms with Crippen molar-refractivity contribution < 1.29 is 0 Å². The molecule has 0 bridgehead atoms. The monoisotopic (exact) mass is 294 g/mol. The molecule has 1 saturated heterocycles. The van der Waals surface area contributed by atoms with E-state index in [1.54, 1.807) is 0 Å². The third-order valence-corrected chi connectivity index (χ3v) is 4.74. The molecule has 0 aliphatic carbocycles. The molecule has 0 saturated carbocycles. The van der Waals surface area contributed by atoms with Crippen LogP contribution in [-0.4, -0.2) is 62.2 Å². The Morgan fingerprint density at radius 1 is 1.29 bits per heavy atom. The number of nitriles is 1. The van der Waals surface area contributed by atoms with Gasteiger partial charge in [0.25, 0.3) is 0 Å². The van der Waals surface area contributed by atoms with E-state index in [4.69, 9.17) is 0 Å². The van der Waals surface area contributed by atoms with Crippen molar-refractivity contribution in [2.45, 2.75) is 51.5 Å². The number of nitrogens with zero attached hydrogens (tertiary/aromatic N) is 3. The molecule has 0 aromatic carbocycles. The molecule has 1 rings (SSSR count). The molecule has 0 aromatic heterocycles. The van der Waals surface area contributed by atoms with Crippen LogP contribution in [0.3, 0.4) is 0 Å². The molecular formula is C17H34N4. The van der Waals surface area contributed by atoms with Gasteiger partial charge < -0.3 is 9.80 Å². The first-order chi connectivity index (χ1) is 10.0. The Bertz CT molecular complexity index is 315. The second kappa shape index (κ2) is 9.40. The van der Waals surface area contributed by atoms with Crippen molar-refractivity contribution in [2.75, 3.05) is 46.8 Å². The number of nitrogens with one attached hydrogen (secondary N) is 1. The number of piperidine rings is 1. The minimum Gasteiger partial charge on any atom is -0.309 e. The first kappa shape index (κ1) is 18.4. The minimum absolute atomic E-state index is 0.308. The van der Waals surface area contributed by atoms with E-state index in [9.17, 15) is 5.26 Å². The summed E-state index contributed by atoms with van der Waals surface area (Å²) in [4.78, 5) is 4.88. The molecule has 21 heavy (non-hydrogen) atoms. The number of hydrogen-bond acceptors (Lipinski definition) is 4. The normalized spacial score (nSPS) is 20.4. The van der Waals surface area contributed by atoms with E-state index < -0.39 is 0 Å². The van der Waals surface area contributed by atoms with Crippen molar-refractivity contribution in [1.29, 1.82) is 5.26 Å². The lowest BCUT2D eigenvalue weighted by Gasteiger charge is -2.34. The fraction of sp³-hybridized carbons (Fsp3) is 0.941. The van der Waals surface area contributed by atoms with E-state index in [-0.39, 0.29) is 5.54 Å². The van der Waals surface area contributed by atoms with Crippen LogP contribution in [-0.2, 0) is 0 Å². The number of hydrogen-bond donors (Lipinski definition) is 1. The van der Waals surface area contributed by atoms with Crippen molar-refractivity contribution in [3.63, 3.8) is 0 Å². The Hall–Kier alpha value is -0.630. The molecule has 1 fully saturated rings. The van der Waals surface area contributed by atoms with E-state index in [0.29, 0.717) is 0 Å². The molecule has 0 amide bonds. The van der Waals surface area contributed by atoms with Gasteiger partial charge in [0.2, 0.25) is 0 Å². The highest BCUT2D eigenvalue weighted by atomic mass is 15.1. The molecule has 1 unspecified atom stereocenters. The van der Waals surface area contributed by atoms with Crippen LogP contribution in [0, 0.1) is 17.2 Å². The van der Waals surface area contributed by atoms with E-state index in [1.807, 2.05) is 0 Å². The SMILES string of the molecule is CCNC(C#N)(CC)CCCN1CCC(CN(C)C)CC1. The predicted octanol–water partition coefficient (Wildman–Crippen LogP) is 2.32. The summed E-state index contributed by atoms with van der Waals surface area (Å²) in [5.74, 6) is 0.867. The molecule has 1 aliphatic heterocycles. The van der Waals surface area contributed by atoms with Crippen molar-refractivity contribution in [1.82, 2.24) is 15.1 Å². The highest BCUT2D eigenvalue weighted by Crippen LogP contribution is 2.20. The number of likely N-dealkylation sites (tertiary alicyclic amines) is 1. The first-order valence-corrected chi connectivity index (χ1v) is 8.58. The van der Waals surface area contributed by atoms with Gasteiger partial charge in [-0.15, -0.1) is 0 Å². The minimum atomic E-state index is -0.308. The summed E-state index contributed by atoms with van der Waals surface area (Å²) in [5, 5.41) is 12.8. The zero-order valence-electron chi connectivity index (χ0n) is 14.5. The van der Waals surface area contributed by atoms with Crippen LogP contribution in [0.4, 0.5) is 0 Å². The lowest BCUT2D eigenvalue weighted by atomic mass is 9.91. The average Bonchev–Trinajstić information content (AvgIpc) is 2.47. The van der Waals surface area contributed by atoms with Crippen LogP contribution in [0.2, 0.25) is 0 Å². The molecule has 0 spiro atoms. The van der Waals surface area contributed by atoms with E-state index >= 15 is 0 Å². The summed E-state index contributed by atoms with van der Waals surface area (Å²) in [5.41, 5.74) is -0.308. The summed E-state index contributed by atoms with van der Waals surface area (Å²) in [7, 11) is 4.33. The van der Waals surface area contributed by atoms with Gasteiger partial charge in [-0.05, 0) is 78.3 Å². The highest BCUT2D eigenvalue weighted by Gasteiger charge is 2.26. The summed E-state index contributed by atoms with van der Waals surface area (Å²) in [6.45, 7) is 9.88. The molecule has 0 radical (unpaired) electrons. The van der Waals surface area contributed by atoms with Gasteiger partial charge in [0.15, 0.2) is 0 Å². The van der Waals surface area contributed by atoms with Gasteiger partial charge in [0.05, 0.1) is 6.07 Å². The molecule has 0 aromatic rings. The second-order valence-electron chi connectivity index (χ2n) is 6.73. The first-order valence-electron chi connectivity index (χ1n) is 8.58. The fourth-order valence-corrected chi connectivity index (χ4v) is 3.42. The Morgan fingerprint density at radius 2 is 1.95 bits per heavy atom.